The van der Waals surface area contributed by atoms with E-state index in [2.05, 4.69) is 12.2 Å². The van der Waals surface area contributed by atoms with Gasteiger partial charge in [0.15, 0.2) is 9.84 Å². The van der Waals surface area contributed by atoms with E-state index in [0.717, 1.165) is 18.4 Å². The Morgan fingerprint density at radius 3 is 2.50 bits per heavy atom. The zero-order valence-electron chi connectivity index (χ0n) is 9.62. The number of hydrogen-bond acceptors (Lipinski definition) is 3. The zero-order chi connectivity index (χ0) is 12.3. The highest BCUT2D eigenvalue weighted by molar-refractivity contribution is 7.90. The zero-order valence-corrected chi connectivity index (χ0v) is 11.2. The predicted octanol–water partition coefficient (Wildman–Crippen LogP) is 2.07. The molecule has 0 aliphatic carbocycles. The molecule has 0 fully saturated rings. The topological polar surface area (TPSA) is 46.2 Å². The highest BCUT2D eigenvalue weighted by Gasteiger charge is 2.14. The van der Waals surface area contributed by atoms with Gasteiger partial charge in [-0.25, -0.2) is 8.42 Å². The van der Waals surface area contributed by atoms with Crippen LogP contribution in [0.25, 0.3) is 0 Å². The summed E-state index contributed by atoms with van der Waals surface area (Å²) >= 11 is 5.96. The van der Waals surface area contributed by atoms with Crippen LogP contribution in [0, 0.1) is 0 Å². The molecule has 0 saturated carbocycles. The van der Waals surface area contributed by atoms with Crippen LogP contribution in [-0.2, 0) is 9.84 Å². The average molecular weight is 262 g/mol. The summed E-state index contributed by atoms with van der Waals surface area (Å²) in [6, 6.07) is 5.10. The number of halogens is 1. The smallest absolute Gasteiger partial charge is 0.176 e. The fourth-order valence-corrected chi connectivity index (χ4v) is 2.89. The lowest BCUT2D eigenvalue weighted by atomic mass is 10.0. The Kier molecular flexibility index (Phi) is 4.35. The molecule has 0 radical (unpaired) electrons. The van der Waals surface area contributed by atoms with Gasteiger partial charge in [0.2, 0.25) is 0 Å². The summed E-state index contributed by atoms with van der Waals surface area (Å²) in [4.78, 5) is 0.189. The van der Waals surface area contributed by atoms with E-state index >= 15 is 0 Å². The second-order valence-corrected chi connectivity index (χ2v) is 6.31. The van der Waals surface area contributed by atoms with Crippen LogP contribution in [0.3, 0.4) is 0 Å². The lowest BCUT2D eigenvalue weighted by molar-refractivity contribution is 0.601. The minimum Gasteiger partial charge on any atom is -0.319 e. The molecule has 0 saturated heterocycles. The predicted molar refractivity (Wildman–Crippen MR) is 66.9 cm³/mol. The molecule has 16 heavy (non-hydrogen) atoms. The van der Waals surface area contributed by atoms with Crippen molar-refractivity contribution in [1.29, 1.82) is 0 Å². The van der Waals surface area contributed by atoms with E-state index < -0.39 is 9.84 Å². The lowest BCUT2D eigenvalue weighted by Crippen LogP contribution is -2.14. The monoisotopic (exact) mass is 261 g/mol. The van der Waals surface area contributed by atoms with E-state index in [9.17, 15) is 8.42 Å². The first-order valence-corrected chi connectivity index (χ1v) is 7.27. The first-order valence-electron chi connectivity index (χ1n) is 5.00. The minimum atomic E-state index is -3.24. The van der Waals surface area contributed by atoms with Crippen molar-refractivity contribution in [2.24, 2.45) is 0 Å². The number of hydrogen-bond donors (Lipinski definition) is 1. The number of sulfone groups is 1. The Morgan fingerprint density at radius 1 is 1.44 bits per heavy atom. The van der Waals surface area contributed by atoms with E-state index in [4.69, 9.17) is 11.6 Å². The number of likely N-dealkylation sites (N-methyl/N-ethyl adjacent to an activating group) is 1. The molecule has 0 aromatic heterocycles. The van der Waals surface area contributed by atoms with Gasteiger partial charge in [0.25, 0.3) is 0 Å². The highest BCUT2D eigenvalue weighted by atomic mass is 35.5. The van der Waals surface area contributed by atoms with Gasteiger partial charge in [-0.2, -0.15) is 0 Å². The first kappa shape index (κ1) is 13.5. The Hall–Kier alpha value is -0.580. The van der Waals surface area contributed by atoms with Crippen LogP contribution in [0.15, 0.2) is 23.1 Å². The van der Waals surface area contributed by atoms with E-state index in [1.165, 1.54) is 0 Å². The summed E-state index contributed by atoms with van der Waals surface area (Å²) in [5.41, 5.74) is 1.03. The van der Waals surface area contributed by atoms with E-state index in [1.807, 2.05) is 13.1 Å². The quantitative estimate of drug-likeness (QED) is 0.903. The molecule has 0 bridgehead atoms. The second kappa shape index (κ2) is 5.17. The number of benzene rings is 1. The van der Waals surface area contributed by atoms with Crippen LogP contribution in [0.2, 0.25) is 5.02 Å². The van der Waals surface area contributed by atoms with Gasteiger partial charge in [-0.05, 0) is 30.7 Å². The summed E-state index contributed by atoms with van der Waals surface area (Å²) < 4.78 is 22.7. The summed E-state index contributed by atoms with van der Waals surface area (Å²) in [6.07, 6.45) is 1.16. The van der Waals surface area contributed by atoms with Crippen molar-refractivity contribution in [3.05, 3.63) is 28.8 Å². The van der Waals surface area contributed by atoms with Crippen LogP contribution in [0.5, 0.6) is 0 Å². The van der Waals surface area contributed by atoms with Gasteiger partial charge >= 0.3 is 0 Å². The van der Waals surface area contributed by atoms with Crippen molar-refractivity contribution in [3.63, 3.8) is 0 Å². The number of rotatable bonds is 4. The van der Waals surface area contributed by atoms with Crippen molar-refractivity contribution >= 4 is 21.4 Å². The van der Waals surface area contributed by atoms with Gasteiger partial charge in [0.05, 0.1) is 9.92 Å². The molecule has 1 rings (SSSR count). The van der Waals surface area contributed by atoms with Gasteiger partial charge in [0, 0.05) is 12.8 Å². The van der Waals surface area contributed by atoms with Crippen molar-refractivity contribution in [3.8, 4) is 0 Å². The molecule has 3 nitrogen and oxygen atoms in total. The Morgan fingerprint density at radius 2 is 2.06 bits per heavy atom. The lowest BCUT2D eigenvalue weighted by Gasteiger charge is -2.12. The summed E-state index contributed by atoms with van der Waals surface area (Å²) in [6.45, 7) is 2.89. The first-order chi connectivity index (χ1) is 7.36. The Balaban J connectivity index is 3.09. The summed E-state index contributed by atoms with van der Waals surface area (Å²) in [5, 5.41) is 3.36. The molecule has 1 atom stereocenters. The molecule has 0 spiro atoms. The molecule has 1 aromatic carbocycles. The van der Waals surface area contributed by atoms with Crippen LogP contribution in [-0.4, -0.2) is 28.3 Å². The molecule has 1 N–H and O–H groups in total. The van der Waals surface area contributed by atoms with Gasteiger partial charge in [-0.15, -0.1) is 0 Å². The normalized spacial score (nSPS) is 13.8. The van der Waals surface area contributed by atoms with E-state index in [-0.39, 0.29) is 4.90 Å². The Bertz CT molecular complexity index is 471. The van der Waals surface area contributed by atoms with Gasteiger partial charge in [-0.3, -0.25) is 0 Å². The largest absolute Gasteiger partial charge is 0.319 e. The third kappa shape index (κ3) is 3.20. The van der Waals surface area contributed by atoms with E-state index in [0.29, 0.717) is 10.9 Å². The summed E-state index contributed by atoms with van der Waals surface area (Å²) in [7, 11) is -1.36. The molecule has 90 valence electrons. The molecular weight excluding hydrogens is 246 g/mol. The van der Waals surface area contributed by atoms with Crippen molar-refractivity contribution < 1.29 is 8.42 Å². The number of nitrogens with one attached hydrogen (secondary N) is 1. The van der Waals surface area contributed by atoms with Crippen LogP contribution >= 0.6 is 11.6 Å². The molecule has 5 heteroatoms. The fourth-order valence-electron chi connectivity index (χ4n) is 1.55. The third-order valence-electron chi connectivity index (χ3n) is 2.43. The van der Waals surface area contributed by atoms with Crippen molar-refractivity contribution in [2.75, 3.05) is 19.8 Å². The van der Waals surface area contributed by atoms with Crippen LogP contribution in [0.4, 0.5) is 0 Å². The molecule has 0 heterocycles. The highest BCUT2D eigenvalue weighted by Crippen LogP contribution is 2.25. The maximum absolute atomic E-state index is 11.4. The molecule has 0 aliphatic heterocycles. The van der Waals surface area contributed by atoms with Crippen LogP contribution in [0.1, 0.15) is 18.4 Å². The van der Waals surface area contributed by atoms with Crippen LogP contribution < -0.4 is 5.32 Å². The molecule has 0 amide bonds. The third-order valence-corrected chi connectivity index (χ3v) is 4.01. The SMILES string of the molecule is CNCC(C)c1ccc(S(C)(=O)=O)c(Cl)c1. The van der Waals surface area contributed by atoms with Gasteiger partial charge in [-0.1, -0.05) is 24.6 Å². The Labute approximate surface area is 102 Å². The second-order valence-electron chi connectivity index (χ2n) is 3.92. The standard InChI is InChI=1S/C11H16ClNO2S/c1-8(7-13-2)9-4-5-11(10(12)6-9)16(3,14)15/h4-6,8,13H,7H2,1-3H3. The molecule has 1 unspecified atom stereocenters. The molecular formula is C11H16ClNO2S. The maximum Gasteiger partial charge on any atom is 0.176 e. The molecule has 0 aliphatic rings. The van der Waals surface area contributed by atoms with Gasteiger partial charge < -0.3 is 5.32 Å². The van der Waals surface area contributed by atoms with E-state index in [1.54, 1.807) is 12.1 Å². The minimum absolute atomic E-state index is 0.189. The maximum atomic E-state index is 11.4. The molecule has 1 aromatic rings. The van der Waals surface area contributed by atoms with Crippen molar-refractivity contribution in [1.82, 2.24) is 5.32 Å². The average Bonchev–Trinajstić information content (AvgIpc) is 2.16. The summed E-state index contributed by atoms with van der Waals surface area (Å²) in [5.74, 6) is 0.302. The van der Waals surface area contributed by atoms with Gasteiger partial charge in [0.1, 0.15) is 0 Å². The van der Waals surface area contributed by atoms with Crippen molar-refractivity contribution in [2.45, 2.75) is 17.7 Å². The fraction of sp³-hybridized carbons (Fsp3) is 0.455.